The molecule has 0 saturated carbocycles. The average molecular weight is 437 g/mol. The fourth-order valence-corrected chi connectivity index (χ4v) is 4.09. The van der Waals surface area contributed by atoms with Crippen LogP contribution in [-0.4, -0.2) is 39.6 Å². The van der Waals surface area contributed by atoms with Crippen molar-refractivity contribution < 1.29 is 9.59 Å². The Hall–Kier alpha value is -3.12. The summed E-state index contributed by atoms with van der Waals surface area (Å²) < 4.78 is 1.65. The van der Waals surface area contributed by atoms with Crippen molar-refractivity contribution in [3.05, 3.63) is 70.4 Å². The Morgan fingerprint density at radius 1 is 1.03 bits per heavy atom. The number of aryl methyl sites for hydroxylation is 2. The van der Waals surface area contributed by atoms with Gasteiger partial charge in [0.25, 0.3) is 5.91 Å². The van der Waals surface area contributed by atoms with Crippen LogP contribution in [0.25, 0.3) is 16.9 Å². The Bertz CT molecular complexity index is 1150. The van der Waals surface area contributed by atoms with Crippen LogP contribution >= 0.6 is 11.6 Å². The van der Waals surface area contributed by atoms with Gasteiger partial charge >= 0.3 is 0 Å². The number of nitrogens with two attached hydrogens (primary N) is 1. The third kappa shape index (κ3) is 4.35. The first-order valence-corrected chi connectivity index (χ1v) is 10.7. The molecule has 0 radical (unpaired) electrons. The topological polar surface area (TPSA) is 81.2 Å². The fourth-order valence-electron chi connectivity index (χ4n) is 3.91. The summed E-state index contributed by atoms with van der Waals surface area (Å²) in [5.41, 5.74) is 10.7. The number of carbonyl (C=O) groups is 2. The van der Waals surface area contributed by atoms with E-state index in [1.165, 1.54) is 5.56 Å². The van der Waals surface area contributed by atoms with Gasteiger partial charge in [-0.15, -0.1) is 0 Å². The van der Waals surface area contributed by atoms with Crippen molar-refractivity contribution in [1.82, 2.24) is 14.7 Å². The smallest absolute Gasteiger partial charge is 0.272 e. The standard InChI is InChI=1S/C24H25ClN4O2/c1-15-6-7-18(12-16(15)2)21-14-22(29(27-21)20-5-3-4-19(25)13-20)24(31)28-10-8-17(9-11-28)23(26)30/h3-7,12-14,17H,8-11H2,1-2H3,(H2,26,30). The molecule has 0 atom stereocenters. The molecule has 1 aromatic heterocycles. The van der Waals surface area contributed by atoms with Gasteiger partial charge in [0.15, 0.2) is 0 Å². The number of benzene rings is 2. The normalized spacial score (nSPS) is 14.6. The number of amides is 2. The predicted molar refractivity (Wildman–Crippen MR) is 121 cm³/mol. The van der Waals surface area contributed by atoms with E-state index in [0.717, 1.165) is 22.5 Å². The number of nitrogens with zero attached hydrogens (tertiary/aromatic N) is 3. The lowest BCUT2D eigenvalue weighted by Gasteiger charge is -2.30. The summed E-state index contributed by atoms with van der Waals surface area (Å²) >= 11 is 6.20. The van der Waals surface area contributed by atoms with E-state index in [2.05, 4.69) is 26.0 Å². The summed E-state index contributed by atoms with van der Waals surface area (Å²) in [6, 6.07) is 15.3. The van der Waals surface area contributed by atoms with Gasteiger partial charge in [-0.1, -0.05) is 29.8 Å². The molecule has 0 unspecified atom stereocenters. The lowest BCUT2D eigenvalue weighted by Crippen LogP contribution is -2.42. The molecule has 2 heterocycles. The van der Waals surface area contributed by atoms with Crippen molar-refractivity contribution in [3.8, 4) is 16.9 Å². The van der Waals surface area contributed by atoms with E-state index >= 15 is 0 Å². The fraction of sp³-hybridized carbons (Fsp3) is 0.292. The first kappa shape index (κ1) is 21.1. The first-order chi connectivity index (χ1) is 14.8. The van der Waals surface area contributed by atoms with Crippen molar-refractivity contribution >= 4 is 23.4 Å². The van der Waals surface area contributed by atoms with Crippen LogP contribution in [0.5, 0.6) is 0 Å². The SMILES string of the molecule is Cc1ccc(-c2cc(C(=O)N3CCC(C(N)=O)CC3)n(-c3cccc(Cl)c3)n2)cc1C. The predicted octanol–water partition coefficient (Wildman–Crippen LogP) is 4.15. The highest BCUT2D eigenvalue weighted by atomic mass is 35.5. The Morgan fingerprint density at radius 3 is 2.42 bits per heavy atom. The van der Waals surface area contributed by atoms with Crippen LogP contribution in [0.4, 0.5) is 0 Å². The average Bonchev–Trinajstić information content (AvgIpc) is 3.21. The Morgan fingerprint density at radius 2 is 1.77 bits per heavy atom. The maximum absolute atomic E-state index is 13.4. The van der Waals surface area contributed by atoms with Crippen molar-refractivity contribution in [1.29, 1.82) is 0 Å². The summed E-state index contributed by atoms with van der Waals surface area (Å²) in [5.74, 6) is -0.591. The van der Waals surface area contributed by atoms with Crippen LogP contribution in [0.3, 0.4) is 0 Å². The van der Waals surface area contributed by atoms with Crippen molar-refractivity contribution in [2.24, 2.45) is 11.7 Å². The zero-order valence-electron chi connectivity index (χ0n) is 17.6. The number of hydrogen-bond acceptors (Lipinski definition) is 3. The number of piperidine rings is 1. The van der Waals surface area contributed by atoms with Gasteiger partial charge in [0.05, 0.1) is 11.4 Å². The second kappa shape index (κ2) is 8.55. The molecule has 160 valence electrons. The number of primary amides is 1. The number of carbonyl (C=O) groups excluding carboxylic acids is 2. The van der Waals surface area contributed by atoms with Crippen LogP contribution in [0, 0.1) is 19.8 Å². The molecule has 1 saturated heterocycles. The van der Waals surface area contributed by atoms with E-state index in [1.807, 2.05) is 24.3 Å². The maximum Gasteiger partial charge on any atom is 0.272 e. The third-order valence-corrected chi connectivity index (χ3v) is 6.20. The van der Waals surface area contributed by atoms with Gasteiger partial charge in [0, 0.05) is 29.6 Å². The molecule has 0 spiro atoms. The van der Waals surface area contributed by atoms with Gasteiger partial charge < -0.3 is 10.6 Å². The molecule has 2 aromatic carbocycles. The van der Waals surface area contributed by atoms with Crippen LogP contribution in [0.15, 0.2) is 48.5 Å². The van der Waals surface area contributed by atoms with Crippen molar-refractivity contribution in [3.63, 3.8) is 0 Å². The number of hydrogen-bond donors (Lipinski definition) is 1. The molecule has 1 fully saturated rings. The van der Waals surface area contributed by atoms with Gasteiger partial charge in [-0.2, -0.15) is 5.10 Å². The summed E-state index contributed by atoms with van der Waals surface area (Å²) in [7, 11) is 0. The van der Waals surface area contributed by atoms with Crippen LogP contribution in [0.1, 0.15) is 34.5 Å². The summed E-state index contributed by atoms with van der Waals surface area (Å²) in [6.45, 7) is 5.11. The number of likely N-dealkylation sites (tertiary alicyclic amines) is 1. The lowest BCUT2D eigenvalue weighted by molar-refractivity contribution is -0.123. The molecule has 2 amide bonds. The molecule has 1 aliphatic rings. The van der Waals surface area contributed by atoms with Gasteiger partial charge in [-0.05, 0) is 68.1 Å². The number of aromatic nitrogens is 2. The highest BCUT2D eigenvalue weighted by Gasteiger charge is 2.29. The minimum atomic E-state index is -0.298. The van der Waals surface area contributed by atoms with E-state index in [4.69, 9.17) is 22.4 Å². The molecule has 3 aromatic rings. The Balaban J connectivity index is 1.73. The monoisotopic (exact) mass is 436 g/mol. The van der Waals surface area contributed by atoms with Gasteiger partial charge in [0.2, 0.25) is 5.91 Å². The summed E-state index contributed by atoms with van der Waals surface area (Å²) in [4.78, 5) is 26.7. The van der Waals surface area contributed by atoms with E-state index < -0.39 is 0 Å². The molecule has 1 aliphatic heterocycles. The first-order valence-electron chi connectivity index (χ1n) is 10.4. The highest BCUT2D eigenvalue weighted by molar-refractivity contribution is 6.30. The van der Waals surface area contributed by atoms with E-state index in [1.54, 1.807) is 21.7 Å². The van der Waals surface area contributed by atoms with E-state index in [9.17, 15) is 9.59 Å². The summed E-state index contributed by atoms with van der Waals surface area (Å²) in [6.07, 6.45) is 1.16. The van der Waals surface area contributed by atoms with Gasteiger partial charge in [-0.3, -0.25) is 9.59 Å². The number of halogens is 1. The Kier molecular flexibility index (Phi) is 5.83. The summed E-state index contributed by atoms with van der Waals surface area (Å²) in [5, 5.41) is 5.33. The van der Waals surface area contributed by atoms with Crippen molar-refractivity contribution in [2.45, 2.75) is 26.7 Å². The molecule has 0 aliphatic carbocycles. The lowest BCUT2D eigenvalue weighted by atomic mass is 9.96. The molecule has 7 heteroatoms. The minimum Gasteiger partial charge on any atom is -0.369 e. The second-order valence-corrected chi connectivity index (χ2v) is 8.51. The maximum atomic E-state index is 13.4. The Labute approximate surface area is 186 Å². The van der Waals surface area contributed by atoms with Gasteiger partial charge in [0.1, 0.15) is 5.69 Å². The zero-order chi connectivity index (χ0) is 22.1. The largest absolute Gasteiger partial charge is 0.369 e. The van der Waals surface area contributed by atoms with Crippen LogP contribution in [-0.2, 0) is 4.79 Å². The van der Waals surface area contributed by atoms with E-state index in [-0.39, 0.29) is 17.7 Å². The third-order valence-electron chi connectivity index (χ3n) is 5.97. The van der Waals surface area contributed by atoms with Gasteiger partial charge in [-0.25, -0.2) is 4.68 Å². The molecular weight excluding hydrogens is 412 g/mol. The van der Waals surface area contributed by atoms with Crippen molar-refractivity contribution in [2.75, 3.05) is 13.1 Å². The highest BCUT2D eigenvalue weighted by Crippen LogP contribution is 2.27. The van der Waals surface area contributed by atoms with E-state index in [0.29, 0.717) is 36.6 Å². The molecular formula is C24H25ClN4O2. The van der Waals surface area contributed by atoms with Crippen LogP contribution < -0.4 is 5.73 Å². The molecule has 4 rings (SSSR count). The molecule has 2 N–H and O–H groups in total. The molecule has 31 heavy (non-hydrogen) atoms. The number of rotatable bonds is 4. The minimum absolute atomic E-state index is 0.120. The molecule has 6 nitrogen and oxygen atoms in total. The quantitative estimate of drug-likeness (QED) is 0.667. The van der Waals surface area contributed by atoms with Crippen LogP contribution in [0.2, 0.25) is 5.02 Å². The zero-order valence-corrected chi connectivity index (χ0v) is 18.4. The second-order valence-electron chi connectivity index (χ2n) is 8.07. The molecule has 0 bridgehead atoms.